The highest BCUT2D eigenvalue weighted by molar-refractivity contribution is 5.86. The Labute approximate surface area is 268 Å². The number of ether oxygens (including phenoxy) is 1. The van der Waals surface area contributed by atoms with Crippen LogP contribution < -0.4 is 4.74 Å². The number of aryl methyl sites for hydroxylation is 1. The molecular weight excluding hydrogens is 602 g/mol. The van der Waals surface area contributed by atoms with Crippen molar-refractivity contribution in [3.05, 3.63) is 46.9 Å². The summed E-state index contributed by atoms with van der Waals surface area (Å²) >= 11 is 0. The molecule has 0 unspecified atom stereocenters. The average Bonchev–Trinajstić information content (AvgIpc) is 3.58. The molecule has 2 aliphatic carbocycles. The second kappa shape index (κ2) is 14.9. The normalized spacial score (nSPS) is 23.7. The van der Waals surface area contributed by atoms with Crippen LogP contribution in [0, 0.1) is 17.7 Å². The van der Waals surface area contributed by atoms with E-state index in [1.165, 1.54) is 17.3 Å². The predicted octanol–water partition coefficient (Wildman–Crippen LogP) is 6.20. The largest absolute Gasteiger partial charge is 0.481 e. The van der Waals surface area contributed by atoms with Crippen molar-refractivity contribution in [1.29, 1.82) is 0 Å². The first-order valence-corrected chi connectivity index (χ1v) is 14.7. The third kappa shape index (κ3) is 6.88. The first-order valence-electron chi connectivity index (χ1n) is 14.7. The van der Waals surface area contributed by atoms with Crippen molar-refractivity contribution in [2.75, 3.05) is 33.8 Å². The molecule has 1 aromatic heterocycles. The lowest BCUT2D eigenvalue weighted by atomic mass is 9.76. The number of benzene rings is 1. The topological polar surface area (TPSA) is 70.8 Å². The van der Waals surface area contributed by atoms with Crippen LogP contribution >= 0.6 is 37.2 Å². The van der Waals surface area contributed by atoms with Crippen molar-refractivity contribution in [3.8, 4) is 5.88 Å². The minimum Gasteiger partial charge on any atom is -0.481 e. The van der Waals surface area contributed by atoms with Crippen molar-refractivity contribution in [2.24, 2.45) is 11.8 Å². The lowest BCUT2D eigenvalue weighted by Crippen LogP contribution is -2.47. The molecule has 1 aromatic carbocycles. The number of piperidine rings is 1. The molecule has 11 heteroatoms. The van der Waals surface area contributed by atoms with Gasteiger partial charge in [-0.3, -0.25) is 9.69 Å². The van der Waals surface area contributed by atoms with E-state index >= 15 is 0 Å². The Morgan fingerprint density at radius 1 is 1.19 bits per heavy atom. The number of aliphatic carboxylic acids is 1. The number of aromatic nitrogens is 2. The van der Waals surface area contributed by atoms with E-state index in [2.05, 4.69) is 16.7 Å². The molecule has 1 saturated heterocycles. The van der Waals surface area contributed by atoms with Gasteiger partial charge < -0.3 is 14.7 Å². The molecule has 7 nitrogen and oxygen atoms in total. The van der Waals surface area contributed by atoms with Gasteiger partial charge in [0.2, 0.25) is 5.88 Å². The fraction of sp³-hybridized carbons (Fsp3) is 0.677. The molecule has 4 atom stereocenters. The van der Waals surface area contributed by atoms with Gasteiger partial charge in [0.1, 0.15) is 11.9 Å². The highest BCUT2D eigenvalue weighted by atomic mass is 35.5. The van der Waals surface area contributed by atoms with Crippen LogP contribution in [-0.4, -0.2) is 76.5 Å². The lowest BCUT2D eigenvalue weighted by Gasteiger charge is -2.40. The SMILES string of the molecule is CCn1nc2c(c1OC)CCC21CCN(C[C@H]2C[C@H](N(C)[C@@H](C(=O)O)C(C)C)C[C@@H]2c2cccc(F)c2)CC1.Cl.Cl.Cl. The van der Waals surface area contributed by atoms with Crippen molar-refractivity contribution < 1.29 is 19.0 Å². The van der Waals surface area contributed by atoms with Crippen molar-refractivity contribution in [1.82, 2.24) is 19.6 Å². The molecule has 2 fully saturated rings. The van der Waals surface area contributed by atoms with Gasteiger partial charge in [0.25, 0.3) is 0 Å². The van der Waals surface area contributed by atoms with Gasteiger partial charge in [-0.05, 0) is 101 Å². The summed E-state index contributed by atoms with van der Waals surface area (Å²) < 4.78 is 22.0. The average molecular weight is 650 g/mol. The molecule has 1 aliphatic heterocycles. The Morgan fingerprint density at radius 2 is 1.88 bits per heavy atom. The zero-order chi connectivity index (χ0) is 27.9. The summed E-state index contributed by atoms with van der Waals surface area (Å²) in [6.45, 7) is 9.89. The van der Waals surface area contributed by atoms with Crippen molar-refractivity contribution in [2.45, 2.75) is 89.3 Å². The number of likely N-dealkylation sites (N-methyl/N-ethyl adjacent to an activating group) is 1. The Morgan fingerprint density at radius 3 is 2.45 bits per heavy atom. The van der Waals surface area contributed by atoms with Gasteiger partial charge in [-0.25, -0.2) is 9.07 Å². The van der Waals surface area contributed by atoms with Gasteiger partial charge in [0.15, 0.2) is 0 Å². The number of carboxylic acids is 1. The quantitative estimate of drug-likeness (QED) is 0.349. The van der Waals surface area contributed by atoms with Crippen LogP contribution in [-0.2, 0) is 23.2 Å². The molecular formula is C31H48Cl3FN4O3. The molecule has 0 radical (unpaired) electrons. The molecule has 2 aromatic rings. The van der Waals surface area contributed by atoms with Crippen LogP contribution in [0.1, 0.15) is 75.6 Å². The van der Waals surface area contributed by atoms with E-state index in [0.717, 1.165) is 76.1 Å². The van der Waals surface area contributed by atoms with E-state index in [0.29, 0.717) is 5.92 Å². The summed E-state index contributed by atoms with van der Waals surface area (Å²) in [4.78, 5) is 16.8. The van der Waals surface area contributed by atoms with Gasteiger partial charge in [0, 0.05) is 30.1 Å². The number of nitrogens with zero attached hydrogens (tertiary/aromatic N) is 4. The predicted molar refractivity (Wildman–Crippen MR) is 172 cm³/mol. The van der Waals surface area contributed by atoms with E-state index in [4.69, 9.17) is 9.84 Å². The third-order valence-electron chi connectivity index (χ3n) is 10.00. The molecule has 0 bridgehead atoms. The number of methoxy groups -OCH3 is 1. The maximum absolute atomic E-state index is 14.3. The molecule has 1 spiro atoms. The first kappa shape index (κ1) is 36.6. The Hall–Kier alpha value is -1.58. The van der Waals surface area contributed by atoms with Gasteiger partial charge >= 0.3 is 5.97 Å². The second-order valence-electron chi connectivity index (χ2n) is 12.5. The lowest BCUT2D eigenvalue weighted by molar-refractivity contribution is -0.145. The minimum absolute atomic E-state index is 0. The Kier molecular flexibility index (Phi) is 13.0. The molecule has 42 heavy (non-hydrogen) atoms. The van der Waals surface area contributed by atoms with Gasteiger partial charge in [-0.2, -0.15) is 5.10 Å². The van der Waals surface area contributed by atoms with Crippen LogP contribution in [0.25, 0.3) is 0 Å². The van der Waals surface area contributed by atoms with E-state index in [1.807, 2.05) is 31.6 Å². The number of hydrogen-bond donors (Lipinski definition) is 1. The summed E-state index contributed by atoms with van der Waals surface area (Å²) in [5.41, 5.74) is 3.75. The summed E-state index contributed by atoms with van der Waals surface area (Å²) in [7, 11) is 3.71. The van der Waals surface area contributed by atoms with Gasteiger partial charge in [-0.1, -0.05) is 26.0 Å². The smallest absolute Gasteiger partial charge is 0.321 e. The number of carbonyl (C=O) groups is 1. The third-order valence-corrected chi connectivity index (χ3v) is 10.00. The zero-order valence-electron chi connectivity index (χ0n) is 25.4. The van der Waals surface area contributed by atoms with Gasteiger partial charge in [0.05, 0.1) is 12.8 Å². The van der Waals surface area contributed by atoms with Crippen LogP contribution in [0.2, 0.25) is 0 Å². The number of hydrogen-bond acceptors (Lipinski definition) is 5. The maximum Gasteiger partial charge on any atom is 0.321 e. The van der Waals surface area contributed by atoms with Crippen LogP contribution in [0.15, 0.2) is 24.3 Å². The van der Waals surface area contributed by atoms with E-state index in [1.54, 1.807) is 19.2 Å². The van der Waals surface area contributed by atoms with Crippen LogP contribution in [0.3, 0.4) is 0 Å². The van der Waals surface area contributed by atoms with Crippen molar-refractivity contribution >= 4 is 43.2 Å². The number of fused-ring (bicyclic) bond motifs is 2. The summed E-state index contributed by atoms with van der Waals surface area (Å²) in [5.74, 6) is 0.558. The number of rotatable bonds is 9. The van der Waals surface area contributed by atoms with Gasteiger partial charge in [-0.15, -0.1) is 37.2 Å². The molecule has 5 rings (SSSR count). The Bertz CT molecular complexity index is 1190. The number of halogens is 4. The fourth-order valence-electron chi connectivity index (χ4n) is 7.97. The summed E-state index contributed by atoms with van der Waals surface area (Å²) in [6.07, 6.45) is 6.16. The maximum atomic E-state index is 14.3. The van der Waals surface area contributed by atoms with E-state index < -0.39 is 12.0 Å². The van der Waals surface area contributed by atoms with Crippen LogP contribution in [0.5, 0.6) is 5.88 Å². The molecule has 3 aliphatic rings. The second-order valence-corrected chi connectivity index (χ2v) is 12.5. The number of carboxylic acid groups (broad SMARTS) is 1. The standard InChI is InChI=1S/C31H45FN4O3.3ClH/c1-6-36-29(39-5)25-10-11-31(28(25)33-36)12-14-35(15-13-31)19-22-17-24(34(4)27(20(2)3)30(37)38)18-26(22)21-8-7-9-23(32)16-21;;;/h7-9,16,20,22,24,26-27H,6,10-15,17-19H2,1-5H3,(H,37,38);3*1H/t22-,24+,26-,27-;;;/m1.../s1. The Balaban J connectivity index is 0.00000205. The first-order chi connectivity index (χ1) is 18.7. The summed E-state index contributed by atoms with van der Waals surface area (Å²) in [5, 5.41) is 14.9. The van der Waals surface area contributed by atoms with Crippen molar-refractivity contribution in [3.63, 3.8) is 0 Å². The zero-order valence-corrected chi connectivity index (χ0v) is 27.9. The number of likely N-dealkylation sites (tertiary alicyclic amines) is 1. The van der Waals surface area contributed by atoms with Crippen LogP contribution in [0.4, 0.5) is 4.39 Å². The molecule has 2 heterocycles. The molecule has 1 saturated carbocycles. The summed E-state index contributed by atoms with van der Waals surface area (Å²) in [6, 6.07) is 6.67. The van der Waals surface area contributed by atoms with E-state index in [9.17, 15) is 14.3 Å². The molecule has 238 valence electrons. The fourth-order valence-corrected chi connectivity index (χ4v) is 7.97. The molecule has 1 N–H and O–H groups in total. The van der Waals surface area contributed by atoms with E-state index in [-0.39, 0.29) is 66.3 Å². The molecule has 0 amide bonds. The highest BCUT2D eigenvalue weighted by Gasteiger charge is 2.47. The highest BCUT2D eigenvalue weighted by Crippen LogP contribution is 2.49. The monoisotopic (exact) mass is 648 g/mol. The minimum atomic E-state index is -0.766.